The number of nitrogens with zero attached hydrogens (tertiary/aromatic N) is 2. The quantitative estimate of drug-likeness (QED) is 0.722. The van der Waals surface area contributed by atoms with Gasteiger partial charge in [-0.1, -0.05) is 48.2 Å². The van der Waals surface area contributed by atoms with Gasteiger partial charge < -0.3 is 14.5 Å². The predicted octanol–water partition coefficient (Wildman–Crippen LogP) is 4.86. The van der Waals surface area contributed by atoms with E-state index in [1.165, 1.54) is 32.9 Å². The first-order chi connectivity index (χ1) is 12.6. The predicted molar refractivity (Wildman–Crippen MR) is 107 cm³/mol. The van der Waals surface area contributed by atoms with E-state index in [-0.39, 0.29) is 6.09 Å². The summed E-state index contributed by atoms with van der Waals surface area (Å²) in [7, 11) is 0. The van der Waals surface area contributed by atoms with E-state index in [0.717, 1.165) is 13.1 Å². The van der Waals surface area contributed by atoms with E-state index in [1.807, 2.05) is 0 Å². The molecule has 1 fully saturated rings. The van der Waals surface area contributed by atoms with Gasteiger partial charge in [0.1, 0.15) is 0 Å². The molecule has 0 atom stereocenters. The van der Waals surface area contributed by atoms with Crippen molar-refractivity contribution in [3.8, 4) is 0 Å². The first-order valence-corrected chi connectivity index (χ1v) is 9.55. The Labute approximate surface area is 159 Å². The zero-order chi connectivity index (χ0) is 18.5. The zero-order valence-electron chi connectivity index (χ0n) is 15.3. The van der Waals surface area contributed by atoms with E-state index in [2.05, 4.69) is 67.8 Å². The van der Waals surface area contributed by atoms with Gasteiger partial charge in [-0.2, -0.15) is 0 Å². The molecule has 26 heavy (non-hydrogen) atoms. The van der Waals surface area contributed by atoms with Crippen molar-refractivity contribution in [1.29, 1.82) is 0 Å². The molecule has 1 saturated heterocycles. The van der Waals surface area contributed by atoms with Crippen LogP contribution in [0.1, 0.15) is 11.1 Å². The molecule has 2 aromatic rings. The maximum absolute atomic E-state index is 11.8. The van der Waals surface area contributed by atoms with Crippen LogP contribution < -0.4 is 4.90 Å². The lowest BCUT2D eigenvalue weighted by molar-refractivity contribution is 0.134. The third kappa shape index (κ3) is 4.22. The molecule has 0 aromatic heterocycles. The zero-order valence-corrected chi connectivity index (χ0v) is 16.1. The number of carbonyl (C=O) groups is 1. The minimum Gasteiger partial charge on any atom is -0.419 e. The fourth-order valence-electron chi connectivity index (χ4n) is 3.11. The molecule has 0 spiro atoms. The van der Waals surface area contributed by atoms with Crippen molar-refractivity contribution in [2.24, 2.45) is 0 Å². The molecule has 3 rings (SSSR count). The number of para-hydroxylation sites is 1. The van der Waals surface area contributed by atoms with Crippen LogP contribution in [0.4, 0.5) is 10.5 Å². The molecule has 5 heteroatoms. The van der Waals surface area contributed by atoms with Crippen LogP contribution in [0.25, 0.3) is 0 Å². The Morgan fingerprint density at radius 3 is 2.50 bits per heavy atom. The second kappa shape index (κ2) is 8.32. The van der Waals surface area contributed by atoms with Gasteiger partial charge >= 0.3 is 6.09 Å². The van der Waals surface area contributed by atoms with Crippen LogP contribution in [0.15, 0.2) is 65.1 Å². The molecule has 1 aliphatic heterocycles. The molecule has 0 N–H and O–H groups in total. The van der Waals surface area contributed by atoms with Crippen molar-refractivity contribution in [1.82, 2.24) is 4.90 Å². The standard InChI is InChI=1S/C21H24N2O2S/c1-4-25-21(24)23-13-11-22(12-14-23)18-7-5-6-8-20(18)26-19-10-9-16(2)15-17(19)3/h4-10,15H,1,11-14H2,2-3H3. The lowest BCUT2D eigenvalue weighted by atomic mass is 10.2. The molecule has 0 radical (unpaired) electrons. The van der Waals surface area contributed by atoms with Gasteiger partial charge in [-0.15, -0.1) is 0 Å². The number of aryl methyl sites for hydroxylation is 2. The average molecular weight is 369 g/mol. The summed E-state index contributed by atoms with van der Waals surface area (Å²) in [6, 6.07) is 15.0. The number of rotatable bonds is 4. The largest absolute Gasteiger partial charge is 0.419 e. The minimum absolute atomic E-state index is 0.322. The molecule has 1 amide bonds. The molecule has 4 nitrogen and oxygen atoms in total. The Morgan fingerprint density at radius 1 is 1.08 bits per heavy atom. The highest BCUT2D eigenvalue weighted by Gasteiger charge is 2.23. The molecule has 0 bridgehead atoms. The van der Waals surface area contributed by atoms with Crippen molar-refractivity contribution < 1.29 is 9.53 Å². The molecule has 136 valence electrons. The fourth-order valence-corrected chi connectivity index (χ4v) is 4.15. The number of carbonyl (C=O) groups excluding carboxylic acids is 1. The molecular formula is C21H24N2O2S. The van der Waals surface area contributed by atoms with E-state index in [0.29, 0.717) is 13.1 Å². The number of ether oxygens (including phenoxy) is 1. The summed E-state index contributed by atoms with van der Waals surface area (Å²) in [5.74, 6) is 0. The lowest BCUT2D eigenvalue weighted by Gasteiger charge is -2.36. The molecule has 1 heterocycles. The van der Waals surface area contributed by atoms with E-state index < -0.39 is 0 Å². The summed E-state index contributed by atoms with van der Waals surface area (Å²) in [6.07, 6.45) is 0.863. The molecule has 1 aliphatic rings. The Bertz CT molecular complexity index is 798. The Kier molecular flexibility index (Phi) is 5.89. The number of hydrogen-bond acceptors (Lipinski definition) is 4. The number of benzene rings is 2. The number of amides is 1. The third-order valence-corrected chi connectivity index (χ3v) is 5.72. The van der Waals surface area contributed by atoms with Crippen molar-refractivity contribution in [3.05, 3.63) is 66.4 Å². The van der Waals surface area contributed by atoms with Crippen molar-refractivity contribution >= 4 is 23.5 Å². The van der Waals surface area contributed by atoms with Crippen LogP contribution in [-0.4, -0.2) is 37.2 Å². The van der Waals surface area contributed by atoms with Gasteiger partial charge in [0, 0.05) is 36.0 Å². The number of piperazine rings is 1. The summed E-state index contributed by atoms with van der Waals surface area (Å²) >= 11 is 1.80. The number of anilines is 1. The fraction of sp³-hybridized carbons (Fsp3) is 0.286. The van der Waals surface area contributed by atoms with Crippen LogP contribution in [0.5, 0.6) is 0 Å². The monoisotopic (exact) mass is 368 g/mol. The van der Waals surface area contributed by atoms with Gasteiger partial charge in [0.25, 0.3) is 0 Å². The highest BCUT2D eigenvalue weighted by molar-refractivity contribution is 7.99. The molecule has 0 unspecified atom stereocenters. The van der Waals surface area contributed by atoms with Crippen LogP contribution in [-0.2, 0) is 4.74 Å². The lowest BCUT2D eigenvalue weighted by Crippen LogP contribution is -2.48. The topological polar surface area (TPSA) is 32.8 Å². The second-order valence-electron chi connectivity index (χ2n) is 6.36. The summed E-state index contributed by atoms with van der Waals surface area (Å²) in [5.41, 5.74) is 3.79. The summed E-state index contributed by atoms with van der Waals surface area (Å²) in [6.45, 7) is 10.6. The molecule has 2 aromatic carbocycles. The Morgan fingerprint density at radius 2 is 1.81 bits per heavy atom. The van der Waals surface area contributed by atoms with Gasteiger partial charge in [-0.25, -0.2) is 4.79 Å². The van der Waals surface area contributed by atoms with Gasteiger partial charge in [-0.05, 0) is 37.6 Å². The van der Waals surface area contributed by atoms with Gasteiger partial charge in [0.05, 0.1) is 11.9 Å². The highest BCUT2D eigenvalue weighted by Crippen LogP contribution is 2.37. The van der Waals surface area contributed by atoms with Crippen LogP contribution in [0.2, 0.25) is 0 Å². The van der Waals surface area contributed by atoms with E-state index in [4.69, 9.17) is 4.74 Å². The molecule has 0 saturated carbocycles. The van der Waals surface area contributed by atoms with Crippen molar-refractivity contribution in [2.75, 3.05) is 31.1 Å². The SMILES string of the molecule is C=COC(=O)N1CCN(c2ccccc2Sc2ccc(C)cc2C)CC1. The highest BCUT2D eigenvalue weighted by atomic mass is 32.2. The van der Waals surface area contributed by atoms with Gasteiger partial charge in [0.2, 0.25) is 0 Å². The van der Waals surface area contributed by atoms with Crippen LogP contribution >= 0.6 is 11.8 Å². The summed E-state index contributed by atoms with van der Waals surface area (Å²) in [4.78, 5) is 18.4. The summed E-state index contributed by atoms with van der Waals surface area (Å²) < 4.78 is 4.88. The normalized spacial score (nSPS) is 14.2. The van der Waals surface area contributed by atoms with Crippen molar-refractivity contribution in [2.45, 2.75) is 23.6 Å². The van der Waals surface area contributed by atoms with Crippen LogP contribution in [0, 0.1) is 13.8 Å². The number of hydrogen-bond donors (Lipinski definition) is 0. The van der Waals surface area contributed by atoms with Crippen LogP contribution in [0.3, 0.4) is 0 Å². The minimum atomic E-state index is -0.322. The van der Waals surface area contributed by atoms with Crippen molar-refractivity contribution in [3.63, 3.8) is 0 Å². The molecule has 0 aliphatic carbocycles. The second-order valence-corrected chi connectivity index (χ2v) is 7.45. The first-order valence-electron chi connectivity index (χ1n) is 8.74. The average Bonchev–Trinajstić information content (AvgIpc) is 2.65. The Hall–Kier alpha value is -2.40. The van der Waals surface area contributed by atoms with Gasteiger partial charge in [0.15, 0.2) is 0 Å². The Balaban J connectivity index is 1.74. The smallest absolute Gasteiger partial charge is 0.414 e. The third-order valence-electron chi connectivity index (χ3n) is 4.48. The maximum atomic E-state index is 11.8. The van der Waals surface area contributed by atoms with E-state index >= 15 is 0 Å². The maximum Gasteiger partial charge on any atom is 0.414 e. The first kappa shape index (κ1) is 18.4. The molecular weight excluding hydrogens is 344 g/mol. The summed E-state index contributed by atoms with van der Waals surface area (Å²) in [5, 5.41) is 0. The van der Waals surface area contributed by atoms with Gasteiger partial charge in [-0.3, -0.25) is 0 Å². The van der Waals surface area contributed by atoms with E-state index in [9.17, 15) is 4.79 Å². The van der Waals surface area contributed by atoms with E-state index in [1.54, 1.807) is 16.7 Å².